The number of amides is 1. The van der Waals surface area contributed by atoms with Crippen LogP contribution in [-0.2, 0) is 0 Å². The van der Waals surface area contributed by atoms with Crippen LogP contribution in [0.25, 0.3) is 0 Å². The summed E-state index contributed by atoms with van der Waals surface area (Å²) in [5, 5.41) is 3.96. The molecule has 0 saturated carbocycles. The molecule has 1 N–H and O–H groups in total. The molecule has 18 heavy (non-hydrogen) atoms. The average Bonchev–Trinajstić information content (AvgIpc) is 2.36. The van der Waals surface area contributed by atoms with Crippen LogP contribution in [0.3, 0.4) is 0 Å². The normalized spacial score (nSPS) is 23.8. The highest BCUT2D eigenvalue weighted by Gasteiger charge is 2.27. The Kier molecular flexibility index (Phi) is 4.11. The van der Waals surface area contributed by atoms with E-state index in [2.05, 4.69) is 24.1 Å². The number of anilines is 1. The SMILES string of the molecule is CNc1ncccc1C(=O)N1CC(C)SC(C)C1. The van der Waals surface area contributed by atoms with Crippen LogP contribution in [0.1, 0.15) is 24.2 Å². The van der Waals surface area contributed by atoms with Gasteiger partial charge in [0.05, 0.1) is 5.56 Å². The monoisotopic (exact) mass is 265 g/mol. The van der Waals surface area contributed by atoms with E-state index in [9.17, 15) is 4.79 Å². The maximum absolute atomic E-state index is 12.5. The quantitative estimate of drug-likeness (QED) is 0.889. The van der Waals surface area contributed by atoms with Crippen LogP contribution in [-0.4, -0.2) is 46.4 Å². The lowest BCUT2D eigenvalue weighted by molar-refractivity contribution is 0.0754. The van der Waals surface area contributed by atoms with E-state index in [1.165, 1.54) is 0 Å². The summed E-state index contributed by atoms with van der Waals surface area (Å²) in [5.41, 5.74) is 0.659. The number of pyridine rings is 1. The molecule has 2 rings (SSSR count). The first kappa shape index (κ1) is 13.2. The van der Waals surface area contributed by atoms with Gasteiger partial charge < -0.3 is 10.2 Å². The minimum atomic E-state index is 0.0754. The van der Waals surface area contributed by atoms with E-state index in [1.807, 2.05) is 22.7 Å². The predicted octanol–water partition coefficient (Wildman–Crippen LogP) is 2.09. The minimum Gasteiger partial charge on any atom is -0.372 e. The molecule has 1 saturated heterocycles. The Labute approximate surface area is 112 Å². The van der Waals surface area contributed by atoms with Crippen LogP contribution in [0.15, 0.2) is 18.3 Å². The third-order valence-electron chi connectivity index (χ3n) is 2.98. The van der Waals surface area contributed by atoms with Gasteiger partial charge in [0.25, 0.3) is 5.91 Å². The van der Waals surface area contributed by atoms with Gasteiger partial charge in [0.2, 0.25) is 0 Å². The maximum Gasteiger partial charge on any atom is 0.257 e. The molecule has 1 amide bonds. The fourth-order valence-corrected chi connectivity index (χ4v) is 3.62. The summed E-state index contributed by atoms with van der Waals surface area (Å²) in [6.45, 7) is 5.96. The molecule has 1 aromatic rings. The van der Waals surface area contributed by atoms with Crippen LogP contribution >= 0.6 is 11.8 Å². The molecule has 1 aromatic heterocycles. The molecule has 1 aliphatic heterocycles. The van der Waals surface area contributed by atoms with Crippen molar-refractivity contribution < 1.29 is 4.79 Å². The largest absolute Gasteiger partial charge is 0.372 e. The van der Waals surface area contributed by atoms with E-state index < -0.39 is 0 Å². The van der Waals surface area contributed by atoms with Gasteiger partial charge in [0, 0.05) is 36.8 Å². The molecular weight excluding hydrogens is 246 g/mol. The Hall–Kier alpha value is -1.23. The van der Waals surface area contributed by atoms with E-state index in [-0.39, 0.29) is 5.91 Å². The number of hydrogen-bond donors (Lipinski definition) is 1. The predicted molar refractivity (Wildman–Crippen MR) is 76.2 cm³/mol. The van der Waals surface area contributed by atoms with E-state index in [0.29, 0.717) is 21.9 Å². The van der Waals surface area contributed by atoms with Crippen molar-refractivity contribution in [3.05, 3.63) is 23.9 Å². The van der Waals surface area contributed by atoms with E-state index in [4.69, 9.17) is 0 Å². The molecule has 2 atom stereocenters. The summed E-state index contributed by atoms with van der Waals surface area (Å²) in [4.78, 5) is 18.6. The summed E-state index contributed by atoms with van der Waals surface area (Å²) >= 11 is 1.94. The molecule has 1 aliphatic rings. The zero-order valence-electron chi connectivity index (χ0n) is 11.0. The number of nitrogens with one attached hydrogen (secondary N) is 1. The van der Waals surface area contributed by atoms with Crippen molar-refractivity contribution in [3.8, 4) is 0 Å². The molecule has 0 radical (unpaired) electrons. The Morgan fingerprint density at radius 2 is 2.11 bits per heavy atom. The molecule has 2 heterocycles. The molecule has 4 nitrogen and oxygen atoms in total. The Bertz CT molecular complexity index is 428. The van der Waals surface area contributed by atoms with Gasteiger partial charge >= 0.3 is 0 Å². The van der Waals surface area contributed by atoms with Crippen LogP contribution in [0, 0.1) is 0 Å². The first-order chi connectivity index (χ1) is 8.61. The van der Waals surface area contributed by atoms with Gasteiger partial charge in [0.15, 0.2) is 0 Å². The standard InChI is InChI=1S/C13H19N3OS/c1-9-7-16(8-10(2)18-9)13(17)11-5-4-6-15-12(11)14-3/h4-6,9-10H,7-8H2,1-3H3,(H,14,15). The average molecular weight is 265 g/mol. The first-order valence-corrected chi connectivity index (χ1v) is 7.13. The number of carbonyl (C=O) groups is 1. The molecule has 0 spiro atoms. The third kappa shape index (κ3) is 2.77. The van der Waals surface area contributed by atoms with Gasteiger partial charge in [-0.25, -0.2) is 4.98 Å². The zero-order valence-corrected chi connectivity index (χ0v) is 11.8. The second-order valence-corrected chi connectivity index (χ2v) is 6.50. The lowest BCUT2D eigenvalue weighted by Gasteiger charge is -2.34. The molecule has 98 valence electrons. The van der Waals surface area contributed by atoms with Gasteiger partial charge in [-0.15, -0.1) is 0 Å². The van der Waals surface area contributed by atoms with Gasteiger partial charge in [-0.05, 0) is 12.1 Å². The first-order valence-electron chi connectivity index (χ1n) is 6.19. The minimum absolute atomic E-state index is 0.0754. The number of carbonyl (C=O) groups excluding carboxylic acids is 1. The summed E-state index contributed by atoms with van der Waals surface area (Å²) in [6, 6.07) is 3.64. The van der Waals surface area contributed by atoms with Gasteiger partial charge in [-0.2, -0.15) is 11.8 Å². The summed E-state index contributed by atoms with van der Waals surface area (Å²) in [7, 11) is 1.79. The van der Waals surface area contributed by atoms with Crippen molar-refractivity contribution in [3.63, 3.8) is 0 Å². The van der Waals surface area contributed by atoms with Crippen LogP contribution in [0.5, 0.6) is 0 Å². The summed E-state index contributed by atoms with van der Waals surface area (Å²) in [5.74, 6) is 0.729. The van der Waals surface area contributed by atoms with Gasteiger partial charge in [-0.3, -0.25) is 4.79 Å². The van der Waals surface area contributed by atoms with Crippen molar-refractivity contribution in [2.75, 3.05) is 25.5 Å². The molecule has 0 aromatic carbocycles. The van der Waals surface area contributed by atoms with Crippen LogP contribution < -0.4 is 5.32 Å². The lowest BCUT2D eigenvalue weighted by atomic mass is 10.2. The summed E-state index contributed by atoms with van der Waals surface area (Å²) < 4.78 is 0. The highest BCUT2D eigenvalue weighted by molar-refractivity contribution is 8.00. The van der Waals surface area contributed by atoms with Gasteiger partial charge in [0.1, 0.15) is 5.82 Å². The summed E-state index contributed by atoms with van der Waals surface area (Å²) in [6.07, 6.45) is 1.69. The molecule has 2 unspecified atom stereocenters. The fraction of sp³-hybridized carbons (Fsp3) is 0.538. The van der Waals surface area contributed by atoms with E-state index >= 15 is 0 Å². The molecule has 0 bridgehead atoms. The van der Waals surface area contributed by atoms with Crippen molar-refractivity contribution in [1.29, 1.82) is 0 Å². The Balaban J connectivity index is 2.20. The van der Waals surface area contributed by atoms with Crippen molar-refractivity contribution in [1.82, 2.24) is 9.88 Å². The lowest BCUT2D eigenvalue weighted by Crippen LogP contribution is -2.44. The number of nitrogens with zero attached hydrogens (tertiary/aromatic N) is 2. The van der Waals surface area contributed by atoms with Crippen LogP contribution in [0.2, 0.25) is 0 Å². The third-order valence-corrected chi connectivity index (χ3v) is 4.21. The second-order valence-electron chi connectivity index (χ2n) is 4.62. The topological polar surface area (TPSA) is 45.2 Å². The maximum atomic E-state index is 12.5. The molecule has 0 aliphatic carbocycles. The highest BCUT2D eigenvalue weighted by Crippen LogP contribution is 2.26. The molecule has 5 heteroatoms. The van der Waals surface area contributed by atoms with Crippen molar-refractivity contribution >= 4 is 23.5 Å². The highest BCUT2D eigenvalue weighted by atomic mass is 32.2. The van der Waals surface area contributed by atoms with E-state index in [1.54, 1.807) is 19.3 Å². The van der Waals surface area contributed by atoms with Crippen molar-refractivity contribution in [2.45, 2.75) is 24.3 Å². The molecular formula is C13H19N3OS. The van der Waals surface area contributed by atoms with Crippen molar-refractivity contribution in [2.24, 2.45) is 0 Å². The fourth-order valence-electron chi connectivity index (χ4n) is 2.29. The van der Waals surface area contributed by atoms with Gasteiger partial charge in [-0.1, -0.05) is 13.8 Å². The molecule has 1 fully saturated rings. The number of aromatic nitrogens is 1. The zero-order chi connectivity index (χ0) is 13.1. The Morgan fingerprint density at radius 1 is 1.44 bits per heavy atom. The number of thioether (sulfide) groups is 1. The second kappa shape index (κ2) is 5.61. The van der Waals surface area contributed by atoms with Crippen LogP contribution in [0.4, 0.5) is 5.82 Å². The number of rotatable bonds is 2. The Morgan fingerprint density at radius 3 is 2.72 bits per heavy atom. The number of hydrogen-bond acceptors (Lipinski definition) is 4. The van der Waals surface area contributed by atoms with E-state index in [0.717, 1.165) is 13.1 Å². The smallest absolute Gasteiger partial charge is 0.257 e.